The molecule has 0 radical (unpaired) electrons. The summed E-state index contributed by atoms with van der Waals surface area (Å²) < 4.78 is 5.33. The molecule has 0 aliphatic rings. The minimum atomic E-state index is -0.521. The molecular weight excluding hydrogens is 276 g/mol. The van der Waals surface area contributed by atoms with Gasteiger partial charge in [0, 0.05) is 12.3 Å². The average Bonchev–Trinajstić information content (AvgIpc) is 2.26. The lowest BCUT2D eigenvalue weighted by molar-refractivity contribution is -0.390. The number of unbranched alkanes of at least 4 members (excludes halogenated alkanes) is 1. The van der Waals surface area contributed by atoms with Crippen molar-refractivity contribution in [3.05, 3.63) is 27.9 Å². The highest BCUT2D eigenvalue weighted by Gasteiger charge is 2.17. The topological polar surface area (TPSA) is 65.3 Å². The van der Waals surface area contributed by atoms with Crippen molar-refractivity contribution in [2.75, 3.05) is 11.9 Å². The number of halogens is 1. The molecule has 1 aromatic rings. The molecule has 0 N–H and O–H groups in total. The molecule has 88 valence electrons. The van der Waals surface area contributed by atoms with Crippen molar-refractivity contribution in [3.63, 3.8) is 0 Å². The van der Waals surface area contributed by atoms with Crippen LogP contribution in [-0.4, -0.2) is 21.8 Å². The number of nitro groups is 1. The molecule has 5 nitrogen and oxygen atoms in total. The van der Waals surface area contributed by atoms with Gasteiger partial charge in [0.1, 0.15) is 5.69 Å². The van der Waals surface area contributed by atoms with Gasteiger partial charge in [-0.25, -0.2) is 0 Å². The quantitative estimate of drug-likeness (QED) is 0.349. The summed E-state index contributed by atoms with van der Waals surface area (Å²) in [6.07, 6.45) is 1.84. The number of ether oxygens (including phenoxy) is 1. The summed E-state index contributed by atoms with van der Waals surface area (Å²) in [5, 5.41) is 11.6. The third-order valence-corrected chi connectivity index (χ3v) is 2.50. The molecule has 0 fully saturated rings. The Morgan fingerprint density at radius 2 is 2.25 bits per heavy atom. The van der Waals surface area contributed by atoms with Crippen LogP contribution < -0.4 is 4.74 Å². The SMILES string of the molecule is Cc1ccc(OCCCCBr)c([N+](=O)[O-])n1. The van der Waals surface area contributed by atoms with Crippen molar-refractivity contribution in [2.24, 2.45) is 0 Å². The molecular formula is C10H13BrN2O3. The van der Waals surface area contributed by atoms with Gasteiger partial charge in [0.05, 0.1) is 6.61 Å². The van der Waals surface area contributed by atoms with E-state index in [0.717, 1.165) is 18.2 Å². The molecule has 1 rings (SSSR count). The van der Waals surface area contributed by atoms with Crippen LogP contribution in [-0.2, 0) is 0 Å². The van der Waals surface area contributed by atoms with Crippen molar-refractivity contribution in [1.82, 2.24) is 4.98 Å². The molecule has 0 aromatic carbocycles. The fourth-order valence-electron chi connectivity index (χ4n) is 1.15. The Bertz CT molecular complexity index is 371. The van der Waals surface area contributed by atoms with E-state index in [1.54, 1.807) is 19.1 Å². The van der Waals surface area contributed by atoms with Crippen molar-refractivity contribution in [2.45, 2.75) is 19.8 Å². The van der Waals surface area contributed by atoms with Gasteiger partial charge in [0.15, 0.2) is 0 Å². The Labute approximate surface area is 102 Å². The second-order valence-corrected chi connectivity index (χ2v) is 4.07. The van der Waals surface area contributed by atoms with Crippen LogP contribution in [0.15, 0.2) is 12.1 Å². The van der Waals surface area contributed by atoms with Gasteiger partial charge in [-0.2, -0.15) is 0 Å². The van der Waals surface area contributed by atoms with E-state index < -0.39 is 4.92 Å². The molecule has 16 heavy (non-hydrogen) atoms. The number of hydrogen-bond acceptors (Lipinski definition) is 4. The fraction of sp³-hybridized carbons (Fsp3) is 0.500. The average molecular weight is 289 g/mol. The van der Waals surface area contributed by atoms with E-state index >= 15 is 0 Å². The molecule has 0 unspecified atom stereocenters. The van der Waals surface area contributed by atoms with E-state index in [-0.39, 0.29) is 11.6 Å². The van der Waals surface area contributed by atoms with E-state index in [2.05, 4.69) is 20.9 Å². The Morgan fingerprint density at radius 3 is 2.88 bits per heavy atom. The number of rotatable bonds is 6. The molecule has 0 aliphatic heterocycles. The zero-order valence-electron chi connectivity index (χ0n) is 8.98. The van der Waals surface area contributed by atoms with Crippen LogP contribution in [0.3, 0.4) is 0 Å². The number of aromatic nitrogens is 1. The van der Waals surface area contributed by atoms with E-state index in [4.69, 9.17) is 4.74 Å². The van der Waals surface area contributed by atoms with Crippen LogP contribution in [0.25, 0.3) is 0 Å². The lowest BCUT2D eigenvalue weighted by Gasteiger charge is -2.05. The predicted octanol–water partition coefficient (Wildman–Crippen LogP) is 2.85. The lowest BCUT2D eigenvalue weighted by Crippen LogP contribution is -2.03. The van der Waals surface area contributed by atoms with Crippen LogP contribution in [0, 0.1) is 17.0 Å². The van der Waals surface area contributed by atoms with Gasteiger partial charge in [0.25, 0.3) is 0 Å². The highest BCUT2D eigenvalue weighted by molar-refractivity contribution is 9.09. The smallest absolute Gasteiger partial charge is 0.406 e. The van der Waals surface area contributed by atoms with E-state index in [0.29, 0.717) is 12.3 Å². The maximum Gasteiger partial charge on any atom is 0.406 e. The van der Waals surface area contributed by atoms with Gasteiger partial charge >= 0.3 is 5.82 Å². The van der Waals surface area contributed by atoms with Crippen LogP contribution in [0.5, 0.6) is 5.75 Å². The molecule has 0 amide bonds. The van der Waals surface area contributed by atoms with Gasteiger partial charge in [-0.15, -0.1) is 0 Å². The van der Waals surface area contributed by atoms with Crippen LogP contribution >= 0.6 is 15.9 Å². The highest BCUT2D eigenvalue weighted by Crippen LogP contribution is 2.24. The van der Waals surface area contributed by atoms with E-state index in [1.165, 1.54) is 0 Å². The predicted molar refractivity (Wildman–Crippen MR) is 64.2 cm³/mol. The molecule has 0 bridgehead atoms. The summed E-state index contributed by atoms with van der Waals surface area (Å²) >= 11 is 3.31. The molecule has 1 heterocycles. The molecule has 0 atom stereocenters. The molecule has 0 saturated heterocycles. The van der Waals surface area contributed by atoms with E-state index in [1.807, 2.05) is 0 Å². The zero-order valence-corrected chi connectivity index (χ0v) is 10.6. The van der Waals surface area contributed by atoms with Gasteiger partial charge in [-0.1, -0.05) is 15.9 Å². The second-order valence-electron chi connectivity index (χ2n) is 3.28. The fourth-order valence-corrected chi connectivity index (χ4v) is 1.55. The summed E-state index contributed by atoms with van der Waals surface area (Å²) in [5.41, 5.74) is 0.611. The maximum atomic E-state index is 10.7. The van der Waals surface area contributed by atoms with Gasteiger partial charge in [-0.3, -0.25) is 0 Å². The van der Waals surface area contributed by atoms with Crippen molar-refractivity contribution in [3.8, 4) is 5.75 Å². The third kappa shape index (κ3) is 3.77. The first-order chi connectivity index (χ1) is 7.65. The van der Waals surface area contributed by atoms with Gasteiger partial charge in [-0.05, 0) is 34.9 Å². The summed E-state index contributed by atoms with van der Waals surface area (Å²) in [5.74, 6) is 0.0315. The molecule has 0 aliphatic carbocycles. The number of nitrogens with zero attached hydrogens (tertiary/aromatic N) is 2. The first kappa shape index (κ1) is 12.9. The van der Waals surface area contributed by atoms with Gasteiger partial charge < -0.3 is 14.9 Å². The summed E-state index contributed by atoms with van der Waals surface area (Å²) in [6, 6.07) is 3.29. The molecule has 0 spiro atoms. The second kappa shape index (κ2) is 6.42. The minimum absolute atomic E-state index is 0.209. The first-order valence-electron chi connectivity index (χ1n) is 4.96. The molecule has 6 heteroatoms. The normalized spacial score (nSPS) is 10.1. The summed E-state index contributed by atoms with van der Waals surface area (Å²) in [7, 11) is 0. The first-order valence-corrected chi connectivity index (χ1v) is 6.08. The standard InChI is InChI=1S/C10H13BrN2O3/c1-8-4-5-9(10(12-8)13(14)15)16-7-3-2-6-11/h4-5H,2-3,6-7H2,1H3. The zero-order chi connectivity index (χ0) is 12.0. The number of aryl methyl sites for hydroxylation is 1. The Hall–Kier alpha value is -1.17. The van der Waals surface area contributed by atoms with Crippen LogP contribution in [0.4, 0.5) is 5.82 Å². The number of hydrogen-bond donors (Lipinski definition) is 0. The van der Waals surface area contributed by atoms with Crippen LogP contribution in [0.2, 0.25) is 0 Å². The van der Waals surface area contributed by atoms with Gasteiger partial charge in [0.2, 0.25) is 5.75 Å². The molecule has 1 aromatic heterocycles. The number of pyridine rings is 1. The minimum Gasteiger partial charge on any atom is -0.486 e. The number of alkyl halides is 1. The Balaban J connectivity index is 2.67. The lowest BCUT2D eigenvalue weighted by atomic mass is 10.3. The van der Waals surface area contributed by atoms with Crippen molar-refractivity contribution >= 4 is 21.7 Å². The van der Waals surface area contributed by atoms with Crippen LogP contribution in [0.1, 0.15) is 18.5 Å². The molecule has 0 saturated carbocycles. The highest BCUT2D eigenvalue weighted by atomic mass is 79.9. The maximum absolute atomic E-state index is 10.7. The van der Waals surface area contributed by atoms with E-state index in [9.17, 15) is 10.1 Å². The third-order valence-electron chi connectivity index (χ3n) is 1.94. The largest absolute Gasteiger partial charge is 0.486 e. The summed E-state index contributed by atoms with van der Waals surface area (Å²) in [6.45, 7) is 2.18. The monoisotopic (exact) mass is 288 g/mol. The Morgan fingerprint density at radius 1 is 1.50 bits per heavy atom. The summed E-state index contributed by atoms with van der Waals surface area (Å²) in [4.78, 5) is 14.0. The Kier molecular flexibility index (Phi) is 5.18. The van der Waals surface area contributed by atoms with Crippen molar-refractivity contribution in [1.29, 1.82) is 0 Å². The van der Waals surface area contributed by atoms with Crippen molar-refractivity contribution < 1.29 is 9.66 Å².